The van der Waals surface area contributed by atoms with Crippen molar-refractivity contribution in [3.8, 4) is 0 Å². The van der Waals surface area contributed by atoms with Crippen molar-refractivity contribution < 1.29 is 0 Å². The summed E-state index contributed by atoms with van der Waals surface area (Å²) >= 11 is 0. The number of hydrogen-bond donors (Lipinski definition) is 0. The van der Waals surface area contributed by atoms with E-state index >= 15 is 0 Å². The molecule has 2 heteroatoms. The van der Waals surface area contributed by atoms with Gasteiger partial charge in [0.1, 0.15) is 0 Å². The van der Waals surface area contributed by atoms with Gasteiger partial charge in [-0.25, -0.2) is 0 Å². The summed E-state index contributed by atoms with van der Waals surface area (Å²) in [5, 5.41) is 0. The molecule has 1 rings (SSSR count). The van der Waals surface area contributed by atoms with Crippen molar-refractivity contribution >= 4 is 6.21 Å². The summed E-state index contributed by atoms with van der Waals surface area (Å²) in [4.78, 5) is 6.49. The second-order valence-corrected chi connectivity index (χ2v) is 2.74. The first-order valence-corrected chi connectivity index (χ1v) is 3.79. The van der Waals surface area contributed by atoms with Crippen LogP contribution in [-0.2, 0) is 0 Å². The highest BCUT2D eigenvalue weighted by molar-refractivity contribution is 5.56. The smallest absolute Gasteiger partial charge is 0.0584 e. The van der Waals surface area contributed by atoms with Crippen molar-refractivity contribution in [1.29, 1.82) is 0 Å². The SMILES string of the molecule is C=CC1=C(N=CC)CN(C)C1. The molecule has 1 aliphatic heterocycles. The number of aliphatic imine (C=N–C) groups is 1. The monoisotopic (exact) mass is 150 g/mol. The van der Waals surface area contributed by atoms with Gasteiger partial charge in [0.05, 0.1) is 5.70 Å². The summed E-state index contributed by atoms with van der Waals surface area (Å²) in [5.74, 6) is 0. The van der Waals surface area contributed by atoms with E-state index in [0.717, 1.165) is 18.8 Å². The molecular formula is C9H14N2. The third-order valence-corrected chi connectivity index (χ3v) is 1.76. The van der Waals surface area contributed by atoms with Gasteiger partial charge in [0.2, 0.25) is 0 Å². The van der Waals surface area contributed by atoms with Crippen LogP contribution in [-0.4, -0.2) is 31.3 Å². The zero-order valence-corrected chi connectivity index (χ0v) is 7.17. The molecule has 0 bridgehead atoms. The van der Waals surface area contributed by atoms with Crippen molar-refractivity contribution in [3.05, 3.63) is 23.9 Å². The van der Waals surface area contributed by atoms with Crippen molar-refractivity contribution in [3.63, 3.8) is 0 Å². The maximum atomic E-state index is 4.27. The van der Waals surface area contributed by atoms with Gasteiger partial charge in [-0.3, -0.25) is 9.89 Å². The molecule has 2 nitrogen and oxygen atoms in total. The van der Waals surface area contributed by atoms with Gasteiger partial charge < -0.3 is 0 Å². The Morgan fingerprint density at radius 2 is 2.27 bits per heavy atom. The molecule has 60 valence electrons. The van der Waals surface area contributed by atoms with Gasteiger partial charge in [-0.05, 0) is 19.5 Å². The summed E-state index contributed by atoms with van der Waals surface area (Å²) in [6.07, 6.45) is 3.73. The molecule has 0 amide bonds. The lowest BCUT2D eigenvalue weighted by molar-refractivity contribution is 0.425. The van der Waals surface area contributed by atoms with Crippen LogP contribution in [0.3, 0.4) is 0 Å². The minimum absolute atomic E-state index is 0.950. The maximum Gasteiger partial charge on any atom is 0.0584 e. The van der Waals surface area contributed by atoms with Crippen molar-refractivity contribution in [2.75, 3.05) is 20.1 Å². The van der Waals surface area contributed by atoms with E-state index < -0.39 is 0 Å². The Hall–Kier alpha value is -0.890. The van der Waals surface area contributed by atoms with Crippen LogP contribution in [0, 0.1) is 0 Å². The number of nitrogens with zero attached hydrogens (tertiary/aromatic N) is 2. The van der Waals surface area contributed by atoms with Crippen LogP contribution in [0.25, 0.3) is 0 Å². The largest absolute Gasteiger partial charge is 0.296 e. The molecule has 1 heterocycles. The Balaban J connectivity index is 2.79. The summed E-state index contributed by atoms with van der Waals surface area (Å²) in [7, 11) is 2.08. The fraction of sp³-hybridized carbons (Fsp3) is 0.444. The Morgan fingerprint density at radius 3 is 2.82 bits per heavy atom. The predicted molar refractivity (Wildman–Crippen MR) is 48.9 cm³/mol. The molecule has 1 aliphatic rings. The molecule has 0 saturated heterocycles. The van der Waals surface area contributed by atoms with Gasteiger partial charge in [0, 0.05) is 19.3 Å². The lowest BCUT2D eigenvalue weighted by Gasteiger charge is -2.04. The van der Waals surface area contributed by atoms with Crippen LogP contribution < -0.4 is 0 Å². The maximum absolute atomic E-state index is 4.27. The van der Waals surface area contributed by atoms with E-state index in [0.29, 0.717) is 0 Å². The fourth-order valence-electron chi connectivity index (χ4n) is 1.26. The molecule has 0 aliphatic carbocycles. The number of rotatable bonds is 2. The van der Waals surface area contributed by atoms with Gasteiger partial charge in [0.25, 0.3) is 0 Å². The number of likely N-dealkylation sites (N-methyl/N-ethyl adjacent to an activating group) is 1. The Kier molecular flexibility index (Phi) is 2.60. The Bertz CT molecular complexity index is 214. The zero-order valence-electron chi connectivity index (χ0n) is 7.17. The molecule has 0 radical (unpaired) electrons. The molecule has 0 spiro atoms. The van der Waals surface area contributed by atoms with Crippen LogP contribution in [0.2, 0.25) is 0 Å². The number of hydrogen-bond acceptors (Lipinski definition) is 2. The lowest BCUT2D eigenvalue weighted by atomic mass is 10.2. The second-order valence-electron chi connectivity index (χ2n) is 2.74. The average Bonchev–Trinajstić information content (AvgIpc) is 2.32. The van der Waals surface area contributed by atoms with E-state index in [1.54, 1.807) is 0 Å². The molecule has 0 aromatic heterocycles. The third-order valence-electron chi connectivity index (χ3n) is 1.76. The summed E-state index contributed by atoms with van der Waals surface area (Å²) in [5.41, 5.74) is 2.41. The molecular weight excluding hydrogens is 136 g/mol. The van der Waals surface area contributed by atoms with E-state index in [1.807, 2.05) is 19.2 Å². The topological polar surface area (TPSA) is 15.6 Å². The zero-order chi connectivity index (χ0) is 8.27. The molecule has 0 unspecified atom stereocenters. The highest BCUT2D eigenvalue weighted by Gasteiger charge is 2.14. The first kappa shape index (κ1) is 8.21. The van der Waals surface area contributed by atoms with Gasteiger partial charge in [-0.1, -0.05) is 12.7 Å². The van der Waals surface area contributed by atoms with Crippen molar-refractivity contribution in [1.82, 2.24) is 4.90 Å². The predicted octanol–water partition coefficient (Wildman–Crippen LogP) is 1.46. The van der Waals surface area contributed by atoms with Gasteiger partial charge in [-0.15, -0.1) is 0 Å². The van der Waals surface area contributed by atoms with E-state index in [4.69, 9.17) is 0 Å². The standard InChI is InChI=1S/C9H14N2/c1-4-8-6-11(3)7-9(8)10-5-2/h4-5H,1,6-7H2,2-3H3. The minimum atomic E-state index is 0.950. The van der Waals surface area contributed by atoms with E-state index in [9.17, 15) is 0 Å². The van der Waals surface area contributed by atoms with Gasteiger partial charge in [-0.2, -0.15) is 0 Å². The molecule has 0 saturated carbocycles. The normalized spacial score (nSPS) is 20.2. The second kappa shape index (κ2) is 3.49. The Morgan fingerprint density at radius 1 is 1.55 bits per heavy atom. The van der Waals surface area contributed by atoms with Crippen LogP contribution in [0.4, 0.5) is 0 Å². The summed E-state index contributed by atoms with van der Waals surface area (Å²) < 4.78 is 0. The van der Waals surface area contributed by atoms with Crippen molar-refractivity contribution in [2.45, 2.75) is 6.92 Å². The summed E-state index contributed by atoms with van der Waals surface area (Å²) in [6, 6.07) is 0. The van der Waals surface area contributed by atoms with Crippen molar-refractivity contribution in [2.24, 2.45) is 4.99 Å². The van der Waals surface area contributed by atoms with Gasteiger partial charge in [0.15, 0.2) is 0 Å². The minimum Gasteiger partial charge on any atom is -0.296 e. The van der Waals surface area contributed by atoms with E-state index in [1.165, 1.54) is 5.57 Å². The average molecular weight is 150 g/mol. The van der Waals surface area contributed by atoms with Crippen LogP contribution in [0.5, 0.6) is 0 Å². The molecule has 0 aromatic carbocycles. The lowest BCUT2D eigenvalue weighted by Crippen LogP contribution is -2.14. The van der Waals surface area contributed by atoms with Crippen LogP contribution in [0.15, 0.2) is 28.9 Å². The molecule has 0 fully saturated rings. The first-order chi connectivity index (χ1) is 5.27. The highest BCUT2D eigenvalue weighted by Crippen LogP contribution is 2.16. The fourth-order valence-corrected chi connectivity index (χ4v) is 1.26. The molecule has 0 atom stereocenters. The van der Waals surface area contributed by atoms with Crippen LogP contribution >= 0.6 is 0 Å². The third kappa shape index (κ3) is 1.77. The first-order valence-electron chi connectivity index (χ1n) is 3.79. The molecule has 0 N–H and O–H groups in total. The van der Waals surface area contributed by atoms with Crippen LogP contribution in [0.1, 0.15) is 6.92 Å². The quantitative estimate of drug-likeness (QED) is 0.544. The van der Waals surface area contributed by atoms with Gasteiger partial charge >= 0.3 is 0 Å². The highest BCUT2D eigenvalue weighted by atomic mass is 15.1. The Labute approximate surface area is 67.9 Å². The van der Waals surface area contributed by atoms with E-state index in [-0.39, 0.29) is 0 Å². The molecule has 11 heavy (non-hydrogen) atoms. The van der Waals surface area contributed by atoms with E-state index in [2.05, 4.69) is 23.5 Å². The summed E-state index contributed by atoms with van der Waals surface area (Å²) in [6.45, 7) is 7.62. The molecule has 0 aromatic rings.